The third-order valence-corrected chi connectivity index (χ3v) is 5.37. The van der Waals surface area contributed by atoms with Crippen molar-refractivity contribution in [2.24, 2.45) is 0 Å². The lowest BCUT2D eigenvalue weighted by atomic mass is 10.1. The van der Waals surface area contributed by atoms with Gasteiger partial charge in [0.25, 0.3) is 5.91 Å². The first-order valence-electron chi connectivity index (χ1n) is 9.25. The van der Waals surface area contributed by atoms with E-state index in [9.17, 15) is 14.4 Å². The number of benzene rings is 2. The monoisotopic (exact) mass is 524 g/mol. The Morgan fingerprint density at radius 1 is 1.23 bits per heavy atom. The van der Waals surface area contributed by atoms with Gasteiger partial charge in [-0.2, -0.15) is 0 Å². The molecule has 0 radical (unpaired) electrons. The van der Waals surface area contributed by atoms with Crippen LogP contribution in [0.3, 0.4) is 0 Å². The molecule has 0 bridgehead atoms. The van der Waals surface area contributed by atoms with Crippen LogP contribution in [-0.4, -0.2) is 44.3 Å². The van der Waals surface area contributed by atoms with E-state index >= 15 is 0 Å². The van der Waals surface area contributed by atoms with Crippen molar-refractivity contribution >= 4 is 46.2 Å². The number of ether oxygens (including phenoxy) is 3. The number of anilines is 1. The summed E-state index contributed by atoms with van der Waals surface area (Å²) in [7, 11) is 1.30. The quantitative estimate of drug-likeness (QED) is 0.461. The summed E-state index contributed by atoms with van der Waals surface area (Å²) >= 11 is 2.02. The fraction of sp³-hybridized carbons (Fsp3) is 0.286. The van der Waals surface area contributed by atoms with E-state index in [-0.39, 0.29) is 25.6 Å². The summed E-state index contributed by atoms with van der Waals surface area (Å²) in [6, 6.07) is 12.6. The van der Waals surface area contributed by atoms with Crippen molar-refractivity contribution in [2.75, 3.05) is 25.1 Å². The van der Waals surface area contributed by atoms with Gasteiger partial charge in [0.2, 0.25) is 0 Å². The fourth-order valence-electron chi connectivity index (χ4n) is 2.97. The van der Waals surface area contributed by atoms with Gasteiger partial charge in [0.1, 0.15) is 12.4 Å². The smallest absolute Gasteiger partial charge is 0.407 e. The van der Waals surface area contributed by atoms with Gasteiger partial charge in [-0.15, -0.1) is 0 Å². The standard InChI is InChI=1S/C21H21IN2O6/c1-13-19(25)24(9-8-23-21(27)29-12-14-6-4-3-5-7-14)17-10-15(20(26)28-2)16(22)11-18(17)30-13/h3-7,10-11,13H,8-9,12H2,1-2H3,(H,23,27)/t13-/m1/s1. The number of esters is 1. The highest BCUT2D eigenvalue weighted by Gasteiger charge is 2.33. The van der Waals surface area contributed by atoms with E-state index in [4.69, 9.17) is 14.2 Å². The Balaban J connectivity index is 1.66. The summed E-state index contributed by atoms with van der Waals surface area (Å²) < 4.78 is 16.3. The minimum atomic E-state index is -0.678. The molecule has 0 spiro atoms. The molecule has 0 saturated carbocycles. The topological polar surface area (TPSA) is 94.2 Å². The third kappa shape index (κ3) is 5.02. The molecular weight excluding hydrogens is 503 g/mol. The number of alkyl carbamates (subject to hydrolysis) is 1. The van der Waals surface area contributed by atoms with E-state index < -0.39 is 18.2 Å². The molecule has 2 amide bonds. The molecular formula is C21H21IN2O6. The number of halogens is 1. The Bertz CT molecular complexity index is 950. The van der Waals surface area contributed by atoms with Crippen molar-refractivity contribution < 1.29 is 28.6 Å². The Morgan fingerprint density at radius 3 is 2.67 bits per heavy atom. The minimum absolute atomic E-state index is 0.157. The molecule has 1 aliphatic heterocycles. The molecule has 9 heteroatoms. The second-order valence-corrected chi connectivity index (χ2v) is 7.69. The second kappa shape index (κ2) is 9.79. The van der Waals surface area contributed by atoms with E-state index in [0.717, 1.165) is 5.56 Å². The molecule has 8 nitrogen and oxygen atoms in total. The number of carbonyl (C=O) groups is 3. The zero-order valence-electron chi connectivity index (χ0n) is 16.5. The summed E-state index contributed by atoms with van der Waals surface area (Å²) in [6.07, 6.45) is -1.26. The lowest BCUT2D eigenvalue weighted by Crippen LogP contribution is -2.47. The molecule has 1 atom stereocenters. The van der Waals surface area contributed by atoms with Crippen molar-refractivity contribution in [1.82, 2.24) is 5.32 Å². The molecule has 1 aliphatic rings. The average Bonchev–Trinajstić information content (AvgIpc) is 2.75. The molecule has 1 heterocycles. The predicted molar refractivity (Wildman–Crippen MR) is 118 cm³/mol. The van der Waals surface area contributed by atoms with E-state index in [1.165, 1.54) is 12.0 Å². The highest BCUT2D eigenvalue weighted by molar-refractivity contribution is 14.1. The molecule has 2 aromatic carbocycles. The van der Waals surface area contributed by atoms with E-state index in [2.05, 4.69) is 5.32 Å². The number of nitrogens with zero attached hydrogens (tertiary/aromatic N) is 1. The van der Waals surface area contributed by atoms with Gasteiger partial charge < -0.3 is 24.4 Å². The number of carbonyl (C=O) groups excluding carboxylic acids is 3. The van der Waals surface area contributed by atoms with Crippen LogP contribution in [0.15, 0.2) is 42.5 Å². The first kappa shape index (κ1) is 21.9. The molecule has 0 aliphatic carbocycles. The summed E-state index contributed by atoms with van der Waals surface area (Å²) in [5.41, 5.74) is 1.67. The maximum absolute atomic E-state index is 12.6. The number of rotatable bonds is 6. The zero-order chi connectivity index (χ0) is 21.7. The molecule has 2 aromatic rings. The first-order chi connectivity index (χ1) is 14.4. The van der Waals surface area contributed by atoms with Gasteiger partial charge in [-0.05, 0) is 47.2 Å². The molecule has 1 N–H and O–H groups in total. The Labute approximate surface area is 187 Å². The Morgan fingerprint density at radius 2 is 1.97 bits per heavy atom. The van der Waals surface area contributed by atoms with Gasteiger partial charge in [-0.3, -0.25) is 4.79 Å². The average molecular weight is 524 g/mol. The zero-order valence-corrected chi connectivity index (χ0v) is 18.7. The molecule has 0 fully saturated rings. The van der Waals surface area contributed by atoms with Crippen LogP contribution in [-0.2, 0) is 20.9 Å². The second-order valence-electron chi connectivity index (χ2n) is 6.53. The molecule has 0 unspecified atom stereocenters. The molecule has 3 rings (SSSR count). The van der Waals surface area contributed by atoms with E-state index in [1.54, 1.807) is 19.1 Å². The van der Waals surface area contributed by atoms with Gasteiger partial charge in [-0.1, -0.05) is 30.3 Å². The maximum Gasteiger partial charge on any atom is 0.407 e. The number of amides is 2. The van der Waals surface area contributed by atoms with Crippen LogP contribution >= 0.6 is 22.6 Å². The van der Waals surface area contributed by atoms with Crippen molar-refractivity contribution in [2.45, 2.75) is 19.6 Å². The van der Waals surface area contributed by atoms with Gasteiger partial charge in [0.05, 0.1) is 18.4 Å². The van der Waals surface area contributed by atoms with Crippen LogP contribution in [0.25, 0.3) is 0 Å². The molecule has 0 aromatic heterocycles. The highest BCUT2D eigenvalue weighted by Crippen LogP contribution is 2.37. The first-order valence-corrected chi connectivity index (χ1v) is 10.3. The number of fused-ring (bicyclic) bond motifs is 1. The predicted octanol–water partition coefficient (Wildman–Crippen LogP) is 3.12. The Hall–Kier alpha value is -2.82. The number of hydrogen-bond donors (Lipinski definition) is 1. The van der Waals surface area contributed by atoms with Crippen LogP contribution in [0, 0.1) is 3.57 Å². The normalized spacial score (nSPS) is 15.1. The van der Waals surface area contributed by atoms with Crippen LogP contribution < -0.4 is 15.0 Å². The summed E-state index contributed by atoms with van der Waals surface area (Å²) in [4.78, 5) is 38.1. The number of nitrogens with one attached hydrogen (secondary N) is 1. The maximum atomic E-state index is 12.6. The van der Waals surface area contributed by atoms with Gasteiger partial charge in [0, 0.05) is 16.7 Å². The molecule has 0 saturated heterocycles. The SMILES string of the molecule is COC(=O)c1cc2c(cc1I)O[C@H](C)C(=O)N2CCNC(=O)OCc1ccccc1. The van der Waals surface area contributed by atoms with Crippen LogP contribution in [0.5, 0.6) is 5.75 Å². The van der Waals surface area contributed by atoms with E-state index in [1.807, 2.05) is 52.9 Å². The van der Waals surface area contributed by atoms with Crippen LogP contribution in [0.4, 0.5) is 10.5 Å². The van der Waals surface area contributed by atoms with Crippen molar-refractivity contribution in [3.05, 3.63) is 57.2 Å². The van der Waals surface area contributed by atoms with Crippen molar-refractivity contribution in [3.8, 4) is 5.75 Å². The van der Waals surface area contributed by atoms with Crippen LogP contribution in [0.2, 0.25) is 0 Å². The van der Waals surface area contributed by atoms with Gasteiger partial charge >= 0.3 is 12.1 Å². The Kier molecular flexibility index (Phi) is 7.14. The van der Waals surface area contributed by atoms with Gasteiger partial charge in [-0.25, -0.2) is 9.59 Å². The van der Waals surface area contributed by atoms with Gasteiger partial charge in [0.15, 0.2) is 6.10 Å². The molecule has 30 heavy (non-hydrogen) atoms. The third-order valence-electron chi connectivity index (χ3n) is 4.48. The van der Waals surface area contributed by atoms with E-state index in [0.29, 0.717) is 20.6 Å². The summed E-state index contributed by atoms with van der Waals surface area (Å²) in [5, 5.41) is 2.64. The van der Waals surface area contributed by atoms with Crippen LogP contribution in [0.1, 0.15) is 22.8 Å². The van der Waals surface area contributed by atoms with Crippen molar-refractivity contribution in [3.63, 3.8) is 0 Å². The summed E-state index contributed by atoms with van der Waals surface area (Å²) in [6.45, 7) is 2.18. The minimum Gasteiger partial charge on any atom is -0.479 e. The lowest BCUT2D eigenvalue weighted by molar-refractivity contribution is -0.125. The van der Waals surface area contributed by atoms with Crippen molar-refractivity contribution in [1.29, 1.82) is 0 Å². The largest absolute Gasteiger partial charge is 0.479 e. The molecule has 158 valence electrons. The number of hydrogen-bond acceptors (Lipinski definition) is 6. The number of methoxy groups -OCH3 is 1. The highest BCUT2D eigenvalue weighted by atomic mass is 127. The fourth-order valence-corrected chi connectivity index (χ4v) is 3.63. The summed E-state index contributed by atoms with van der Waals surface area (Å²) in [5.74, 6) is -0.277. The lowest BCUT2D eigenvalue weighted by Gasteiger charge is -2.33.